The number of urea groups is 1. The number of halogens is 1. The third kappa shape index (κ3) is 7.49. The van der Waals surface area contributed by atoms with Crippen molar-refractivity contribution in [3.63, 3.8) is 0 Å². The molecule has 5 rings (SSSR count). The first-order valence-corrected chi connectivity index (χ1v) is 14.9. The maximum absolute atomic E-state index is 14.0. The van der Waals surface area contributed by atoms with Crippen LogP contribution in [0.15, 0.2) is 78.9 Å². The number of aromatic nitrogens is 2. The van der Waals surface area contributed by atoms with E-state index in [9.17, 15) is 14.0 Å². The van der Waals surface area contributed by atoms with Gasteiger partial charge in [-0.05, 0) is 67.5 Å². The van der Waals surface area contributed by atoms with Crippen molar-refractivity contribution < 1.29 is 14.0 Å². The van der Waals surface area contributed by atoms with Crippen LogP contribution in [-0.4, -0.2) is 39.7 Å². The van der Waals surface area contributed by atoms with Gasteiger partial charge in [0.2, 0.25) is 5.91 Å². The van der Waals surface area contributed by atoms with Gasteiger partial charge in [-0.2, -0.15) is 5.10 Å². The van der Waals surface area contributed by atoms with Crippen molar-refractivity contribution in [1.82, 2.24) is 14.7 Å². The van der Waals surface area contributed by atoms with E-state index in [1.807, 2.05) is 66.4 Å². The predicted octanol–water partition coefficient (Wildman–Crippen LogP) is 7.29. The lowest BCUT2D eigenvalue weighted by molar-refractivity contribution is -0.131. The molecule has 0 atom stereocenters. The number of rotatable bonds is 7. The van der Waals surface area contributed by atoms with Gasteiger partial charge in [0.1, 0.15) is 11.6 Å². The summed E-state index contributed by atoms with van der Waals surface area (Å²) in [6.07, 6.45) is 2.59. The van der Waals surface area contributed by atoms with Crippen LogP contribution >= 0.6 is 0 Å². The zero-order valence-corrected chi connectivity index (χ0v) is 25.4. The van der Waals surface area contributed by atoms with Crippen molar-refractivity contribution in [2.45, 2.75) is 58.8 Å². The molecule has 1 saturated heterocycles. The number of hydrogen-bond acceptors (Lipinski definition) is 3. The lowest BCUT2D eigenvalue weighted by Gasteiger charge is -2.32. The summed E-state index contributed by atoms with van der Waals surface area (Å²) in [5.41, 5.74) is 4.96. The maximum atomic E-state index is 14.0. The van der Waals surface area contributed by atoms with Crippen LogP contribution in [0.3, 0.4) is 0 Å². The molecule has 2 N–H and O–H groups in total. The molecular formula is C35H40FN5O2. The molecule has 0 spiro atoms. The van der Waals surface area contributed by atoms with Gasteiger partial charge in [0.25, 0.3) is 0 Å². The number of anilines is 2. The quantitative estimate of drug-likeness (QED) is 0.241. The van der Waals surface area contributed by atoms with Gasteiger partial charge in [0.05, 0.1) is 17.8 Å². The zero-order valence-electron chi connectivity index (χ0n) is 25.4. The Morgan fingerprint density at radius 2 is 1.56 bits per heavy atom. The summed E-state index contributed by atoms with van der Waals surface area (Å²) in [6, 6.07) is 23.9. The van der Waals surface area contributed by atoms with E-state index in [1.54, 1.807) is 22.9 Å². The van der Waals surface area contributed by atoms with Gasteiger partial charge in [-0.15, -0.1) is 0 Å². The van der Waals surface area contributed by atoms with Crippen LogP contribution in [0.2, 0.25) is 0 Å². The van der Waals surface area contributed by atoms with Crippen molar-refractivity contribution >= 4 is 23.4 Å². The highest BCUT2D eigenvalue weighted by molar-refractivity contribution is 6.00. The number of hydrogen-bond donors (Lipinski definition) is 2. The second kappa shape index (κ2) is 12.8. The second-order valence-electron chi connectivity index (χ2n) is 12.4. The Bertz CT molecular complexity index is 1580. The van der Waals surface area contributed by atoms with Crippen LogP contribution in [0.4, 0.5) is 20.7 Å². The molecular weight excluding hydrogens is 541 g/mol. The smallest absolute Gasteiger partial charge is 0.324 e. The molecule has 4 aromatic rings. The van der Waals surface area contributed by atoms with Gasteiger partial charge in [-0.1, -0.05) is 74.9 Å². The average molecular weight is 582 g/mol. The van der Waals surface area contributed by atoms with E-state index in [2.05, 4.69) is 31.4 Å². The highest BCUT2D eigenvalue weighted by atomic mass is 19.1. The third-order valence-corrected chi connectivity index (χ3v) is 8.04. The molecule has 0 saturated carbocycles. The molecule has 0 unspecified atom stereocenters. The van der Waals surface area contributed by atoms with E-state index in [4.69, 9.17) is 5.10 Å². The van der Waals surface area contributed by atoms with Crippen LogP contribution < -0.4 is 10.6 Å². The molecule has 1 aromatic heterocycles. The normalized spacial score (nSPS) is 14.0. The molecule has 2 heterocycles. The first-order chi connectivity index (χ1) is 20.6. The van der Waals surface area contributed by atoms with Crippen LogP contribution in [-0.2, 0) is 23.1 Å². The van der Waals surface area contributed by atoms with Gasteiger partial charge in [-0.25, -0.2) is 13.9 Å². The van der Waals surface area contributed by atoms with Crippen LogP contribution in [0.5, 0.6) is 0 Å². The third-order valence-electron chi connectivity index (χ3n) is 8.04. The van der Waals surface area contributed by atoms with Crippen molar-refractivity contribution in [3.05, 3.63) is 107 Å². The fourth-order valence-corrected chi connectivity index (χ4v) is 5.42. The minimum atomic E-state index is -0.340. The first kappa shape index (κ1) is 30.0. The molecule has 1 fully saturated rings. The van der Waals surface area contributed by atoms with Gasteiger partial charge in [0.15, 0.2) is 0 Å². The summed E-state index contributed by atoms with van der Waals surface area (Å²) >= 11 is 0. The summed E-state index contributed by atoms with van der Waals surface area (Å²) in [4.78, 5) is 27.9. The molecule has 43 heavy (non-hydrogen) atoms. The van der Waals surface area contributed by atoms with Crippen molar-refractivity contribution in [1.29, 1.82) is 0 Å². The number of benzene rings is 3. The summed E-state index contributed by atoms with van der Waals surface area (Å²) < 4.78 is 15.8. The number of likely N-dealkylation sites (tertiary alicyclic amines) is 1. The molecule has 1 aliphatic heterocycles. The Hall–Kier alpha value is -4.46. The minimum absolute atomic E-state index is 0.0400. The number of amides is 3. The fraction of sp³-hybridized carbons (Fsp3) is 0.343. The van der Waals surface area contributed by atoms with E-state index < -0.39 is 0 Å². The Balaban J connectivity index is 1.22. The summed E-state index contributed by atoms with van der Waals surface area (Å²) in [6.45, 7) is 9.62. The second-order valence-corrected chi connectivity index (χ2v) is 12.4. The fourth-order valence-electron chi connectivity index (χ4n) is 5.42. The molecule has 3 amide bonds. The highest BCUT2D eigenvalue weighted by Crippen LogP contribution is 2.28. The number of para-hydroxylation sites is 1. The molecule has 0 radical (unpaired) electrons. The Morgan fingerprint density at radius 3 is 2.23 bits per heavy atom. The van der Waals surface area contributed by atoms with Gasteiger partial charge >= 0.3 is 6.03 Å². The van der Waals surface area contributed by atoms with E-state index in [-0.39, 0.29) is 29.6 Å². The predicted molar refractivity (Wildman–Crippen MR) is 169 cm³/mol. The molecule has 8 heteroatoms. The lowest BCUT2D eigenvalue weighted by atomic mass is 9.89. The summed E-state index contributed by atoms with van der Waals surface area (Å²) in [5, 5.41) is 10.9. The van der Waals surface area contributed by atoms with Crippen molar-refractivity contribution in [2.24, 2.45) is 5.92 Å². The van der Waals surface area contributed by atoms with Gasteiger partial charge in [-0.3, -0.25) is 10.1 Å². The molecule has 224 valence electrons. The van der Waals surface area contributed by atoms with Gasteiger partial charge < -0.3 is 10.2 Å². The standard InChI is InChI=1S/C35H40FN5O2/c1-24-13-15-28(16-14-24)41-32(23-31(39-41)35(2,3)4)38-34(43)37-30-12-8-6-10-27(30)21-25-17-19-40(20-18-25)33(42)22-26-9-5-7-11-29(26)36/h5-16,23,25H,17-22H2,1-4H3,(H2,37,38,43). The Morgan fingerprint density at radius 1 is 0.907 bits per heavy atom. The van der Waals surface area contributed by atoms with Crippen molar-refractivity contribution in [2.75, 3.05) is 23.7 Å². The number of nitrogens with zero attached hydrogens (tertiary/aromatic N) is 3. The zero-order chi connectivity index (χ0) is 30.6. The molecule has 0 aliphatic carbocycles. The largest absolute Gasteiger partial charge is 0.342 e. The minimum Gasteiger partial charge on any atom is -0.342 e. The number of nitrogens with one attached hydrogen (secondary N) is 2. The highest BCUT2D eigenvalue weighted by Gasteiger charge is 2.25. The summed E-state index contributed by atoms with van der Waals surface area (Å²) in [7, 11) is 0. The van der Waals surface area contributed by atoms with E-state index in [1.165, 1.54) is 6.07 Å². The van der Waals surface area contributed by atoms with E-state index in [0.29, 0.717) is 30.4 Å². The van der Waals surface area contributed by atoms with Crippen LogP contribution in [0.25, 0.3) is 5.69 Å². The number of carbonyl (C=O) groups is 2. The maximum Gasteiger partial charge on any atom is 0.324 e. The molecule has 3 aromatic carbocycles. The Labute approximate surface area is 253 Å². The number of aryl methyl sites for hydroxylation is 1. The summed E-state index contributed by atoms with van der Waals surface area (Å²) in [5.74, 6) is 0.590. The monoisotopic (exact) mass is 581 g/mol. The molecule has 1 aliphatic rings. The lowest BCUT2D eigenvalue weighted by Crippen LogP contribution is -2.39. The number of carbonyl (C=O) groups excluding carboxylic acids is 2. The SMILES string of the molecule is Cc1ccc(-n2nc(C(C)(C)C)cc2NC(=O)Nc2ccccc2CC2CCN(C(=O)Cc3ccccc3F)CC2)cc1. The van der Waals surface area contributed by atoms with Crippen molar-refractivity contribution in [3.8, 4) is 5.69 Å². The topological polar surface area (TPSA) is 79.3 Å². The first-order valence-electron chi connectivity index (χ1n) is 14.9. The molecule has 7 nitrogen and oxygen atoms in total. The van der Waals surface area contributed by atoms with Crippen LogP contribution in [0, 0.1) is 18.7 Å². The van der Waals surface area contributed by atoms with E-state index >= 15 is 0 Å². The average Bonchev–Trinajstić information content (AvgIpc) is 3.40. The van der Waals surface area contributed by atoms with Gasteiger partial charge in [0, 0.05) is 30.3 Å². The molecule has 0 bridgehead atoms. The van der Waals surface area contributed by atoms with E-state index in [0.717, 1.165) is 47.5 Å². The Kier molecular flexibility index (Phi) is 8.94. The number of piperidine rings is 1. The van der Waals surface area contributed by atoms with Crippen LogP contribution in [0.1, 0.15) is 56.0 Å².